The largest absolute Gasteiger partial charge is 0.505 e. The number of hydrogen-bond donors (Lipinski definition) is 15. The smallest absolute Gasteiger partial charge is 0.481 e. The number of aliphatic hydroxyl groups excluding tert-OH is 5. The molecular weight excluding hydrogens is 1290 g/mol. The fourth-order valence-corrected chi connectivity index (χ4v) is 14.1. The molecule has 5 aromatic heterocycles. The van der Waals surface area contributed by atoms with Crippen molar-refractivity contribution in [3.05, 3.63) is 35.8 Å². The molecule has 2 fully saturated rings. The molecule has 2 saturated heterocycles. The van der Waals surface area contributed by atoms with Gasteiger partial charge in [-0.05, 0) is 47.8 Å². The summed E-state index contributed by atoms with van der Waals surface area (Å²) in [6, 6.07) is 0. The molecule has 4 aliphatic rings. The van der Waals surface area contributed by atoms with E-state index >= 15 is 0 Å². The lowest BCUT2D eigenvalue weighted by Crippen LogP contribution is -2.56. The van der Waals surface area contributed by atoms with Crippen LogP contribution in [-0.4, -0.2) is 168 Å². The second-order valence-corrected chi connectivity index (χ2v) is 25.8. The molecule has 0 saturated carbocycles. The average Bonchev–Trinajstić information content (AvgIpc) is 4.09. The van der Waals surface area contributed by atoms with E-state index in [1.165, 1.54) is 0 Å². The van der Waals surface area contributed by atoms with Gasteiger partial charge in [-0.1, -0.05) is 0 Å². The molecule has 9 rings (SSSR count). The van der Waals surface area contributed by atoms with Crippen molar-refractivity contribution >= 4 is 136 Å². The zero-order chi connectivity index (χ0) is 54.0. The van der Waals surface area contributed by atoms with Crippen molar-refractivity contribution in [1.29, 1.82) is 0 Å². The molecule has 0 aliphatic carbocycles. The van der Waals surface area contributed by atoms with Crippen molar-refractivity contribution in [2.75, 3.05) is 27.4 Å². The summed E-state index contributed by atoms with van der Waals surface area (Å²) in [6.07, 6.45) is -21.6. The molecule has 0 bridgehead atoms. The zero-order valence-electron chi connectivity index (χ0n) is 36.0. The number of anilines is 5. The number of halogens is 3. The first kappa shape index (κ1) is 55.0. The van der Waals surface area contributed by atoms with Crippen LogP contribution in [0.15, 0.2) is 35.8 Å². The molecule has 13 atom stereocenters. The number of ether oxygens (including phenoxy) is 3. The monoisotopic (exact) mass is 1320 g/mol. The molecule has 0 radical (unpaired) electrons. The van der Waals surface area contributed by atoms with Gasteiger partial charge in [0.05, 0.1) is 6.10 Å². The number of nitrogen functional groups attached to an aromatic ring is 3. The molecule has 0 aromatic carbocycles. The maximum atomic E-state index is 14.2. The summed E-state index contributed by atoms with van der Waals surface area (Å²) in [6.45, 7) is 0. The Bertz CT molecular complexity index is 3280. The number of fused-ring (bicyclic) bond motifs is 3. The number of imidazole rings is 2. The van der Waals surface area contributed by atoms with E-state index in [9.17, 15) is 73.2 Å². The molecular formula is C30H36Br3N15O22P4. The minimum Gasteiger partial charge on any atom is -0.505 e. The number of phosphoric acid groups is 4. The summed E-state index contributed by atoms with van der Waals surface area (Å²) < 4.78 is 89.4. The van der Waals surface area contributed by atoms with Gasteiger partial charge in [-0.15, -0.1) is 0 Å². The van der Waals surface area contributed by atoms with Gasteiger partial charge in [-0.2, -0.15) is 8.62 Å². The molecule has 4 aliphatic heterocycles. The van der Waals surface area contributed by atoms with Crippen LogP contribution < -0.4 is 27.4 Å². The van der Waals surface area contributed by atoms with Crippen LogP contribution in [0, 0.1) is 0 Å². The van der Waals surface area contributed by atoms with Crippen molar-refractivity contribution in [1.82, 2.24) is 49.0 Å². The number of nitrogens with two attached hydrogens (primary N) is 3. The molecule has 74 heavy (non-hydrogen) atoms. The van der Waals surface area contributed by atoms with E-state index < -0.39 is 126 Å². The molecule has 9 heterocycles. The third kappa shape index (κ3) is 10.3. The number of nitrogens with one attached hydrogen (secondary N) is 1. The summed E-state index contributed by atoms with van der Waals surface area (Å²) in [5.74, 6) is -2.38. The lowest BCUT2D eigenvalue weighted by molar-refractivity contribution is -0.166. The quantitative estimate of drug-likeness (QED) is 0.0238. The number of aliphatic hydroxyl groups is 5. The van der Waals surface area contributed by atoms with Gasteiger partial charge in [0.25, 0.3) is 0 Å². The Hall–Kier alpha value is -3.76. The Morgan fingerprint density at radius 3 is 2.00 bits per heavy atom. The minimum atomic E-state index is -6.45. The van der Waals surface area contributed by atoms with Crippen molar-refractivity contribution < 1.29 is 105 Å². The number of alkyl halides is 2. The van der Waals surface area contributed by atoms with Crippen LogP contribution in [0.3, 0.4) is 0 Å². The highest BCUT2D eigenvalue weighted by Crippen LogP contribution is 2.64. The van der Waals surface area contributed by atoms with Crippen molar-refractivity contribution in [3.8, 4) is 0 Å². The normalized spacial score (nSPS) is 29.6. The van der Waals surface area contributed by atoms with Crippen LogP contribution in [-0.2, 0) is 50.1 Å². The Kier molecular flexibility index (Phi) is 14.3. The van der Waals surface area contributed by atoms with Crippen molar-refractivity contribution in [2.45, 2.75) is 83.2 Å². The standard InChI is InChI=1S/C30H36Br3N15O22P4/c31-28-44-10-20(35)38-4-41-23(10)47(28)26-16(53)17(67-73(60,61)69-71(54,55)56)8(65-26)2-29(68-74(62,63)70-72(57,58)59,1-7-12(49)14(51)25(64-7)46-6-43-9-19(34)37-3-40-22(9)46)18-13(50)15(52)27(66-18)48-24-11(45-30(48,32)33)21(36)39-5-42-24/h3-8,12-13,15-18,26-27,45,49-53H,1-2H2,(H,60,61)(H,62,63)(H2,34,37,40)(H2,35,38,41)(H2,36,39,42)(H2,54,55,56)(H2,57,58,59)/t7-,8-,12-,13+,15-,16-,17-,18+,26-,27-,29?/m1/s1. The SMILES string of the molecule is Nc1ncnc2c1NC(Br)(Br)N2[C@@H]1O[C@H](C(C[C@H]2O[C@@H](n3c(Br)nc4c(N)ncnc43)[C@H](O)[C@@H]2OP(=O)(O)OP(=O)(O)O)(C[C@H]2OC(n3cnc4c(N)ncnc43)=C(O)[C@@H]2O)OP(=O)(O)OP(=O)(O)O)[C@@H](O)[C@H]1O. The lowest BCUT2D eigenvalue weighted by Gasteiger charge is -2.43. The summed E-state index contributed by atoms with van der Waals surface area (Å²) in [4.78, 5) is 94.1. The van der Waals surface area contributed by atoms with Crippen LogP contribution in [0.5, 0.6) is 0 Å². The molecule has 18 N–H and O–H groups in total. The second kappa shape index (κ2) is 19.3. The molecule has 44 heteroatoms. The molecule has 37 nitrogen and oxygen atoms in total. The van der Waals surface area contributed by atoms with Gasteiger partial charge in [-0.25, -0.2) is 62.7 Å². The number of nitrogens with zero attached hydrogens (tertiary/aromatic N) is 11. The van der Waals surface area contributed by atoms with Gasteiger partial charge in [0, 0.05) is 12.8 Å². The van der Waals surface area contributed by atoms with Gasteiger partial charge in [0.1, 0.15) is 73.2 Å². The summed E-state index contributed by atoms with van der Waals surface area (Å²) in [5.41, 5.74) is 14.2. The molecule has 5 aromatic rings. The topological polar surface area (TPSA) is 562 Å². The lowest BCUT2D eigenvalue weighted by atomic mass is 9.80. The van der Waals surface area contributed by atoms with E-state index in [0.717, 1.165) is 39.3 Å². The first-order valence-electron chi connectivity index (χ1n) is 20.2. The first-order valence-corrected chi connectivity index (χ1v) is 28.6. The number of hydrogen-bond acceptors (Lipinski definition) is 29. The summed E-state index contributed by atoms with van der Waals surface area (Å²) >= 11 is 9.86. The van der Waals surface area contributed by atoms with E-state index in [1.54, 1.807) is 0 Å². The molecule has 0 spiro atoms. The maximum Gasteiger partial charge on any atom is 0.481 e. The van der Waals surface area contributed by atoms with E-state index in [0.29, 0.717) is 0 Å². The van der Waals surface area contributed by atoms with Gasteiger partial charge in [-0.3, -0.25) is 18.5 Å². The van der Waals surface area contributed by atoms with E-state index in [4.69, 9.17) is 40.5 Å². The first-order chi connectivity index (χ1) is 34.3. The maximum absolute atomic E-state index is 14.2. The predicted molar refractivity (Wildman–Crippen MR) is 251 cm³/mol. The fourth-order valence-electron chi connectivity index (χ4n) is 8.69. The van der Waals surface area contributed by atoms with Crippen LogP contribution in [0.25, 0.3) is 28.2 Å². The Morgan fingerprint density at radius 1 is 0.743 bits per heavy atom. The predicted octanol–water partition coefficient (Wildman–Crippen LogP) is -1.21. The summed E-state index contributed by atoms with van der Waals surface area (Å²) in [5, 5.41) is 62.4. The highest BCUT2D eigenvalue weighted by Gasteiger charge is 2.65. The molecule has 0 amide bonds. The average molecular weight is 1320 g/mol. The Morgan fingerprint density at radius 2 is 1.34 bits per heavy atom. The van der Waals surface area contributed by atoms with E-state index in [2.05, 4.69) is 102 Å². The van der Waals surface area contributed by atoms with Crippen LogP contribution in [0.4, 0.5) is 29.0 Å². The third-order valence-corrected chi connectivity index (χ3v) is 17.6. The summed E-state index contributed by atoms with van der Waals surface area (Å²) in [7, 11) is -24.7. The van der Waals surface area contributed by atoms with Gasteiger partial charge >= 0.3 is 31.3 Å². The zero-order valence-corrected chi connectivity index (χ0v) is 44.3. The Labute approximate surface area is 434 Å². The third-order valence-electron chi connectivity index (χ3n) is 11.5. The highest BCUT2D eigenvalue weighted by molar-refractivity contribution is 9.25. The van der Waals surface area contributed by atoms with Gasteiger partial charge < -0.3 is 91.6 Å². The van der Waals surface area contributed by atoms with Crippen LogP contribution >= 0.6 is 79.1 Å². The fraction of sp³-hybridized carbons (Fsp3) is 0.467. The minimum absolute atomic E-state index is 0.00133. The van der Waals surface area contributed by atoms with Gasteiger partial charge in [0.15, 0.2) is 74.7 Å². The molecule has 3 unspecified atom stereocenters. The number of phosphoric ester groups is 2. The van der Waals surface area contributed by atoms with E-state index in [-0.39, 0.29) is 56.0 Å². The van der Waals surface area contributed by atoms with E-state index in [1.807, 2.05) is 0 Å². The highest BCUT2D eigenvalue weighted by atomic mass is 79.9. The number of rotatable bonds is 16. The van der Waals surface area contributed by atoms with Crippen LogP contribution in [0.1, 0.15) is 19.1 Å². The Balaban J connectivity index is 1.22. The van der Waals surface area contributed by atoms with Crippen molar-refractivity contribution in [3.63, 3.8) is 0 Å². The van der Waals surface area contributed by atoms with Crippen LogP contribution in [0.2, 0.25) is 0 Å². The number of aromatic nitrogens is 10. The van der Waals surface area contributed by atoms with Crippen molar-refractivity contribution in [2.24, 2.45) is 0 Å². The second-order valence-electron chi connectivity index (χ2n) is 16.2. The molecule has 404 valence electrons. The van der Waals surface area contributed by atoms with Gasteiger partial charge in [0.2, 0.25) is 9.36 Å².